The summed E-state index contributed by atoms with van der Waals surface area (Å²) in [6.07, 6.45) is 2.50. The molecule has 0 amide bonds. The van der Waals surface area contributed by atoms with Gasteiger partial charge in [-0.1, -0.05) is 29.3 Å². The highest BCUT2D eigenvalue weighted by molar-refractivity contribution is 6.35. The number of ether oxygens (including phenoxy) is 1. The van der Waals surface area contributed by atoms with Crippen LogP contribution in [0.1, 0.15) is 18.4 Å². The van der Waals surface area contributed by atoms with Crippen LogP contribution >= 0.6 is 35.6 Å². The first-order chi connectivity index (χ1) is 8.25. The molecule has 0 bridgehead atoms. The lowest BCUT2D eigenvalue weighted by molar-refractivity contribution is 0.0783. The van der Waals surface area contributed by atoms with E-state index in [4.69, 9.17) is 27.9 Å². The molecule has 1 unspecified atom stereocenters. The molecule has 0 aromatic heterocycles. The molecule has 1 aliphatic heterocycles. The standard InChI is InChI=1S/C13H17Cl2NO.ClH/c14-12-4-3-11(13(15)6-12)9-17-8-10-2-1-5-16-7-10;/h3-4,6,10,16H,1-2,5,7-9H2;1H. The molecule has 0 radical (unpaired) electrons. The van der Waals surface area contributed by atoms with Crippen molar-refractivity contribution in [3.8, 4) is 0 Å². The molecule has 1 saturated heterocycles. The first-order valence-electron chi connectivity index (χ1n) is 5.98. The number of nitrogens with one attached hydrogen (secondary N) is 1. The number of benzene rings is 1. The minimum absolute atomic E-state index is 0. The zero-order valence-corrected chi connectivity index (χ0v) is 12.5. The summed E-state index contributed by atoms with van der Waals surface area (Å²) >= 11 is 11.9. The van der Waals surface area contributed by atoms with Crippen molar-refractivity contribution in [3.05, 3.63) is 33.8 Å². The van der Waals surface area contributed by atoms with E-state index in [1.807, 2.05) is 12.1 Å². The van der Waals surface area contributed by atoms with E-state index in [1.165, 1.54) is 12.8 Å². The van der Waals surface area contributed by atoms with Crippen LogP contribution in [0.3, 0.4) is 0 Å². The van der Waals surface area contributed by atoms with E-state index in [-0.39, 0.29) is 12.4 Å². The van der Waals surface area contributed by atoms with Crippen molar-refractivity contribution in [3.63, 3.8) is 0 Å². The SMILES string of the molecule is Cl.Clc1ccc(COCC2CCCNC2)c(Cl)c1. The van der Waals surface area contributed by atoms with Gasteiger partial charge >= 0.3 is 0 Å². The van der Waals surface area contributed by atoms with Gasteiger partial charge in [0.15, 0.2) is 0 Å². The predicted octanol–water partition coefficient (Wildman–Crippen LogP) is 3.93. The number of rotatable bonds is 4. The molecule has 1 atom stereocenters. The molecule has 0 aliphatic carbocycles. The Hall–Kier alpha value is 0.01000. The largest absolute Gasteiger partial charge is 0.376 e. The lowest BCUT2D eigenvalue weighted by Gasteiger charge is -2.22. The summed E-state index contributed by atoms with van der Waals surface area (Å²) in [5, 5.41) is 4.72. The quantitative estimate of drug-likeness (QED) is 0.910. The first-order valence-corrected chi connectivity index (χ1v) is 6.73. The Morgan fingerprint density at radius 2 is 2.17 bits per heavy atom. The number of hydrogen-bond donors (Lipinski definition) is 1. The lowest BCUT2D eigenvalue weighted by Crippen LogP contribution is -2.32. The van der Waals surface area contributed by atoms with Crippen LogP contribution in [0.5, 0.6) is 0 Å². The molecule has 1 aromatic rings. The molecule has 1 aromatic carbocycles. The average molecular weight is 311 g/mol. The molecule has 0 saturated carbocycles. The fourth-order valence-electron chi connectivity index (χ4n) is 2.04. The predicted molar refractivity (Wildman–Crippen MR) is 79.0 cm³/mol. The average Bonchev–Trinajstić information content (AvgIpc) is 2.33. The van der Waals surface area contributed by atoms with Gasteiger partial charge in [0.25, 0.3) is 0 Å². The van der Waals surface area contributed by atoms with Gasteiger partial charge in [0, 0.05) is 16.6 Å². The van der Waals surface area contributed by atoms with Crippen molar-refractivity contribution in [1.29, 1.82) is 0 Å². The molecule has 1 heterocycles. The molecule has 1 fully saturated rings. The van der Waals surface area contributed by atoms with Crippen LogP contribution in [-0.2, 0) is 11.3 Å². The van der Waals surface area contributed by atoms with Crippen LogP contribution in [0.4, 0.5) is 0 Å². The molecule has 1 N–H and O–H groups in total. The zero-order valence-electron chi connectivity index (χ0n) is 10.1. The minimum atomic E-state index is 0. The lowest BCUT2D eigenvalue weighted by atomic mass is 10.0. The second-order valence-electron chi connectivity index (χ2n) is 4.46. The molecular weight excluding hydrogens is 293 g/mol. The Bertz CT molecular complexity index is 367. The monoisotopic (exact) mass is 309 g/mol. The third-order valence-electron chi connectivity index (χ3n) is 3.03. The van der Waals surface area contributed by atoms with Gasteiger partial charge in [-0.2, -0.15) is 0 Å². The smallest absolute Gasteiger partial charge is 0.0731 e. The third-order valence-corrected chi connectivity index (χ3v) is 3.61. The highest BCUT2D eigenvalue weighted by Crippen LogP contribution is 2.22. The molecule has 18 heavy (non-hydrogen) atoms. The Morgan fingerprint density at radius 1 is 1.33 bits per heavy atom. The van der Waals surface area contributed by atoms with Crippen LogP contribution in [0.15, 0.2) is 18.2 Å². The first kappa shape index (κ1) is 16.1. The van der Waals surface area contributed by atoms with Gasteiger partial charge in [-0.05, 0) is 43.0 Å². The second kappa shape index (κ2) is 8.23. The van der Waals surface area contributed by atoms with Crippen LogP contribution in [-0.4, -0.2) is 19.7 Å². The maximum absolute atomic E-state index is 6.07. The molecular formula is C13H18Cl3NO. The summed E-state index contributed by atoms with van der Waals surface area (Å²) in [4.78, 5) is 0. The molecule has 0 spiro atoms. The van der Waals surface area contributed by atoms with Crippen LogP contribution in [0.2, 0.25) is 10.0 Å². The van der Waals surface area contributed by atoms with E-state index in [2.05, 4.69) is 5.32 Å². The number of hydrogen-bond acceptors (Lipinski definition) is 2. The van der Waals surface area contributed by atoms with Crippen molar-refractivity contribution in [2.24, 2.45) is 5.92 Å². The summed E-state index contributed by atoms with van der Waals surface area (Å²) in [5.41, 5.74) is 1.000. The Morgan fingerprint density at radius 3 is 2.83 bits per heavy atom. The van der Waals surface area contributed by atoms with Crippen LogP contribution < -0.4 is 5.32 Å². The van der Waals surface area contributed by atoms with Crippen molar-refractivity contribution in [2.45, 2.75) is 19.4 Å². The van der Waals surface area contributed by atoms with Crippen LogP contribution in [0, 0.1) is 5.92 Å². The van der Waals surface area contributed by atoms with E-state index in [9.17, 15) is 0 Å². The van der Waals surface area contributed by atoms with E-state index in [0.717, 1.165) is 25.3 Å². The minimum Gasteiger partial charge on any atom is -0.376 e. The van der Waals surface area contributed by atoms with Gasteiger partial charge in [-0.3, -0.25) is 0 Å². The number of piperidine rings is 1. The van der Waals surface area contributed by atoms with E-state index < -0.39 is 0 Å². The molecule has 102 valence electrons. The zero-order chi connectivity index (χ0) is 12.1. The van der Waals surface area contributed by atoms with Crippen molar-refractivity contribution in [1.82, 2.24) is 5.32 Å². The molecule has 1 aliphatic rings. The highest BCUT2D eigenvalue weighted by Gasteiger charge is 2.13. The maximum Gasteiger partial charge on any atom is 0.0731 e. The van der Waals surface area contributed by atoms with E-state index in [0.29, 0.717) is 22.6 Å². The summed E-state index contributed by atoms with van der Waals surface area (Å²) in [6.45, 7) is 3.56. The fourth-order valence-corrected chi connectivity index (χ4v) is 2.50. The number of halogens is 3. The van der Waals surface area contributed by atoms with Gasteiger partial charge in [-0.15, -0.1) is 12.4 Å². The van der Waals surface area contributed by atoms with Gasteiger partial charge in [0.05, 0.1) is 13.2 Å². The van der Waals surface area contributed by atoms with Gasteiger partial charge in [0.1, 0.15) is 0 Å². The van der Waals surface area contributed by atoms with Gasteiger partial charge in [-0.25, -0.2) is 0 Å². The molecule has 5 heteroatoms. The summed E-state index contributed by atoms with van der Waals surface area (Å²) in [5.74, 6) is 0.634. The Kier molecular flexibility index (Phi) is 7.35. The van der Waals surface area contributed by atoms with Gasteiger partial charge < -0.3 is 10.1 Å². The van der Waals surface area contributed by atoms with E-state index >= 15 is 0 Å². The fraction of sp³-hybridized carbons (Fsp3) is 0.538. The van der Waals surface area contributed by atoms with Crippen LogP contribution in [0.25, 0.3) is 0 Å². The van der Waals surface area contributed by atoms with Crippen molar-refractivity contribution in [2.75, 3.05) is 19.7 Å². The Labute approximate surface area is 124 Å². The van der Waals surface area contributed by atoms with Gasteiger partial charge in [0.2, 0.25) is 0 Å². The van der Waals surface area contributed by atoms with Crippen molar-refractivity contribution < 1.29 is 4.74 Å². The molecule has 2 rings (SSSR count). The maximum atomic E-state index is 6.07. The third kappa shape index (κ3) is 4.94. The summed E-state index contributed by atoms with van der Waals surface area (Å²) in [6, 6.07) is 5.52. The highest BCUT2D eigenvalue weighted by atomic mass is 35.5. The topological polar surface area (TPSA) is 21.3 Å². The normalized spacial score (nSPS) is 19.3. The second-order valence-corrected chi connectivity index (χ2v) is 5.31. The summed E-state index contributed by atoms with van der Waals surface area (Å²) in [7, 11) is 0. The van der Waals surface area contributed by atoms with Crippen molar-refractivity contribution >= 4 is 35.6 Å². The van der Waals surface area contributed by atoms with E-state index in [1.54, 1.807) is 6.07 Å². The Balaban J connectivity index is 0.00000162. The summed E-state index contributed by atoms with van der Waals surface area (Å²) < 4.78 is 5.71. The molecule has 2 nitrogen and oxygen atoms in total.